The molecular weight excluding hydrogens is 518 g/mol. The normalized spacial score (nSPS) is 15.7. The van der Waals surface area contributed by atoms with Gasteiger partial charge in [-0.2, -0.15) is 79.0 Å². The van der Waals surface area contributed by atoms with Gasteiger partial charge in [0.1, 0.15) is 0 Å². The summed E-state index contributed by atoms with van der Waals surface area (Å²) in [7, 11) is -3.12. The van der Waals surface area contributed by atoms with Gasteiger partial charge in [0.05, 0.1) is 0 Å². The molecule has 0 bridgehead atoms. The first-order valence-corrected chi connectivity index (χ1v) is 6.85. The summed E-state index contributed by atoms with van der Waals surface area (Å²) in [5, 5.41) is 0. The molecule has 0 aliphatic heterocycles. The molecule has 0 saturated heterocycles. The summed E-state index contributed by atoms with van der Waals surface area (Å²) in [4.78, 5) is 0. The van der Waals surface area contributed by atoms with Crippen LogP contribution < -0.4 is 0 Å². The molecule has 0 aromatic rings. The SMILES string of the molecule is FC(F)(F)C(F)(F)C(F)(F)C(F)(F)C(F)(F)C(F)(F)C(F)(F)C(F)(F)F.O=[SH](=O)O. The second kappa shape index (κ2) is 7.97. The largest absolute Gasteiger partial charge is 0.460 e. The number of hydrogen-bond donors (Lipinski definition) is 2. The molecule has 0 heterocycles. The molecule has 0 unspecified atom stereocenters. The third-order valence-corrected chi connectivity index (χ3v) is 2.68. The molecule has 0 saturated carbocycles. The number of halogens is 18. The zero-order chi connectivity index (χ0) is 25.6. The Morgan fingerprint density at radius 2 is 0.467 bits per heavy atom. The third kappa shape index (κ3) is 4.61. The summed E-state index contributed by atoms with van der Waals surface area (Å²) in [6.07, 6.45) is -15.6. The molecule has 30 heavy (non-hydrogen) atoms. The summed E-state index contributed by atoms with van der Waals surface area (Å²) in [6.45, 7) is 0. The van der Waals surface area contributed by atoms with Crippen LogP contribution in [0.3, 0.4) is 0 Å². The van der Waals surface area contributed by atoms with Gasteiger partial charge < -0.3 is 0 Å². The van der Waals surface area contributed by atoms with E-state index in [1.165, 1.54) is 0 Å². The van der Waals surface area contributed by atoms with Gasteiger partial charge in [-0.05, 0) is 0 Å². The lowest BCUT2D eigenvalue weighted by Crippen LogP contribution is -2.74. The van der Waals surface area contributed by atoms with Gasteiger partial charge in [0, 0.05) is 0 Å². The average Bonchev–Trinajstić information content (AvgIpc) is 2.42. The van der Waals surface area contributed by atoms with E-state index in [2.05, 4.69) is 0 Å². The van der Waals surface area contributed by atoms with Crippen molar-refractivity contribution in [1.82, 2.24) is 0 Å². The maximum atomic E-state index is 12.8. The van der Waals surface area contributed by atoms with Crippen molar-refractivity contribution >= 4 is 11.0 Å². The molecule has 0 amide bonds. The number of rotatable bonds is 5. The minimum Gasteiger partial charge on any atom is -0.288 e. The zero-order valence-corrected chi connectivity index (χ0v) is 13.4. The quantitative estimate of drug-likeness (QED) is 0.305. The van der Waals surface area contributed by atoms with E-state index < -0.39 is 58.9 Å². The van der Waals surface area contributed by atoms with Crippen molar-refractivity contribution in [3.8, 4) is 0 Å². The van der Waals surface area contributed by atoms with Crippen molar-refractivity contribution in [1.29, 1.82) is 0 Å². The highest BCUT2D eigenvalue weighted by molar-refractivity contribution is 7.66. The van der Waals surface area contributed by atoms with Gasteiger partial charge in [-0.3, -0.25) is 4.55 Å². The predicted molar refractivity (Wildman–Crippen MR) is 54.7 cm³/mol. The van der Waals surface area contributed by atoms with Gasteiger partial charge in [-0.15, -0.1) is 0 Å². The van der Waals surface area contributed by atoms with E-state index in [0.29, 0.717) is 0 Å². The minimum absolute atomic E-state index is 3.12. The summed E-state index contributed by atoms with van der Waals surface area (Å²) in [6, 6.07) is 0. The van der Waals surface area contributed by atoms with Crippen LogP contribution in [-0.4, -0.2) is 60.9 Å². The van der Waals surface area contributed by atoms with E-state index in [-0.39, 0.29) is 0 Å². The Hall–Kier alpha value is -1.35. The van der Waals surface area contributed by atoms with Crippen LogP contribution in [0.2, 0.25) is 0 Å². The highest BCUT2D eigenvalue weighted by atomic mass is 32.2. The standard InChI is InChI=1S/C8F18.H2O3S/c9-1(10,3(13,14)5(17,18)7(21,22)23)2(11,12)4(15,16)6(19,20)8(24,25)26;1-4(2)3/h;4H,(H,1,2,3). The van der Waals surface area contributed by atoms with E-state index >= 15 is 0 Å². The Balaban J connectivity index is 0. The van der Waals surface area contributed by atoms with E-state index in [0.717, 1.165) is 0 Å². The van der Waals surface area contributed by atoms with Crippen molar-refractivity contribution in [3.63, 3.8) is 0 Å². The van der Waals surface area contributed by atoms with Gasteiger partial charge in [-0.1, -0.05) is 0 Å². The molecule has 0 aliphatic rings. The first-order chi connectivity index (χ1) is 12.5. The second-order valence-corrected chi connectivity index (χ2v) is 5.16. The molecule has 0 spiro atoms. The molecule has 0 rings (SSSR count). The van der Waals surface area contributed by atoms with Crippen LogP contribution in [0, 0.1) is 0 Å². The topological polar surface area (TPSA) is 54.4 Å². The number of alkyl halides is 18. The Labute approximate surface area is 152 Å². The number of thiol groups is 1. The molecule has 0 aliphatic carbocycles. The first kappa shape index (κ1) is 30.8. The van der Waals surface area contributed by atoms with Crippen molar-refractivity contribution in [2.45, 2.75) is 47.9 Å². The van der Waals surface area contributed by atoms with E-state index in [4.69, 9.17) is 13.0 Å². The summed E-state index contributed by atoms with van der Waals surface area (Å²) < 4.78 is 245. The van der Waals surface area contributed by atoms with Crippen LogP contribution in [0.5, 0.6) is 0 Å². The maximum Gasteiger partial charge on any atom is 0.460 e. The monoisotopic (exact) mass is 520 g/mol. The van der Waals surface area contributed by atoms with Crippen molar-refractivity contribution in [2.24, 2.45) is 0 Å². The molecule has 0 aromatic heterocycles. The Morgan fingerprint density at radius 1 is 0.367 bits per heavy atom. The molecule has 0 fully saturated rings. The smallest absolute Gasteiger partial charge is 0.288 e. The summed E-state index contributed by atoms with van der Waals surface area (Å²) in [5.74, 6) is -51.0. The molecule has 184 valence electrons. The van der Waals surface area contributed by atoms with Crippen molar-refractivity contribution < 1.29 is 92.0 Å². The highest BCUT2D eigenvalue weighted by Crippen LogP contribution is 2.63. The Morgan fingerprint density at radius 3 is 0.567 bits per heavy atom. The fourth-order valence-electron chi connectivity index (χ4n) is 1.14. The Kier molecular flexibility index (Phi) is 8.19. The summed E-state index contributed by atoms with van der Waals surface area (Å²) in [5.41, 5.74) is 0. The lowest BCUT2D eigenvalue weighted by atomic mass is 9.91. The summed E-state index contributed by atoms with van der Waals surface area (Å²) >= 11 is 0. The van der Waals surface area contributed by atoms with Crippen LogP contribution >= 0.6 is 0 Å². The van der Waals surface area contributed by atoms with E-state index in [1.807, 2.05) is 0 Å². The van der Waals surface area contributed by atoms with Gasteiger partial charge in [0.25, 0.3) is 11.0 Å². The molecule has 0 aromatic carbocycles. The third-order valence-electron chi connectivity index (χ3n) is 2.68. The first-order valence-electron chi connectivity index (χ1n) is 5.72. The molecular formula is C8H2F18O3S. The Bertz CT molecular complexity index is 614. The van der Waals surface area contributed by atoms with Crippen molar-refractivity contribution in [3.05, 3.63) is 0 Å². The fraction of sp³-hybridized carbons (Fsp3) is 1.00. The van der Waals surface area contributed by atoms with Gasteiger partial charge >= 0.3 is 47.9 Å². The van der Waals surface area contributed by atoms with Gasteiger partial charge in [0.2, 0.25) is 0 Å². The van der Waals surface area contributed by atoms with Crippen LogP contribution in [0.25, 0.3) is 0 Å². The highest BCUT2D eigenvalue weighted by Gasteiger charge is 2.95. The molecule has 0 atom stereocenters. The second-order valence-electron chi connectivity index (χ2n) is 4.68. The van der Waals surface area contributed by atoms with E-state index in [9.17, 15) is 79.0 Å². The van der Waals surface area contributed by atoms with Gasteiger partial charge in [-0.25, -0.2) is 8.42 Å². The van der Waals surface area contributed by atoms with E-state index in [1.54, 1.807) is 0 Å². The molecule has 22 heteroatoms. The van der Waals surface area contributed by atoms with Crippen LogP contribution in [0.1, 0.15) is 0 Å². The lowest BCUT2D eigenvalue weighted by Gasteiger charge is -2.41. The average molecular weight is 520 g/mol. The predicted octanol–water partition coefficient (Wildman–Crippen LogP) is 4.99. The molecule has 0 radical (unpaired) electrons. The van der Waals surface area contributed by atoms with Crippen LogP contribution in [0.15, 0.2) is 0 Å². The van der Waals surface area contributed by atoms with Crippen LogP contribution in [-0.2, 0) is 11.0 Å². The molecule has 1 N–H and O–H groups in total. The van der Waals surface area contributed by atoms with Gasteiger partial charge in [0.15, 0.2) is 0 Å². The number of hydrogen-bond acceptors (Lipinski definition) is 2. The zero-order valence-electron chi connectivity index (χ0n) is 12.5. The fourth-order valence-corrected chi connectivity index (χ4v) is 1.14. The van der Waals surface area contributed by atoms with Crippen LogP contribution in [0.4, 0.5) is 79.0 Å². The minimum atomic E-state index is -8.72. The lowest BCUT2D eigenvalue weighted by molar-refractivity contribution is -0.468. The van der Waals surface area contributed by atoms with Crippen molar-refractivity contribution in [2.75, 3.05) is 0 Å². The maximum absolute atomic E-state index is 12.8. The molecule has 3 nitrogen and oxygen atoms in total.